The summed E-state index contributed by atoms with van der Waals surface area (Å²) >= 11 is 0. The normalized spacial score (nSPS) is 16.9. The number of nitrogens with zero attached hydrogens (tertiary/aromatic N) is 3. The maximum atomic E-state index is 12.1. The summed E-state index contributed by atoms with van der Waals surface area (Å²) in [6, 6.07) is 0. The van der Waals surface area contributed by atoms with Crippen molar-refractivity contribution in [2.24, 2.45) is 5.41 Å². The molecule has 1 amide bonds. The molecule has 2 N–H and O–H groups in total. The number of carbonyl (C=O) groups is 2. The molecule has 8 heteroatoms. The Kier molecular flexibility index (Phi) is 6.09. The summed E-state index contributed by atoms with van der Waals surface area (Å²) in [6.07, 6.45) is 8.01. The summed E-state index contributed by atoms with van der Waals surface area (Å²) in [6.45, 7) is 1.29. The van der Waals surface area contributed by atoms with Gasteiger partial charge in [-0.15, -0.1) is 5.10 Å². The molecular formula is C15H24N4O4. The maximum Gasteiger partial charge on any atom is 0.358 e. The van der Waals surface area contributed by atoms with Crippen LogP contribution in [0.4, 0.5) is 0 Å². The van der Waals surface area contributed by atoms with Crippen LogP contribution in [0.25, 0.3) is 0 Å². The van der Waals surface area contributed by atoms with E-state index in [-0.39, 0.29) is 23.6 Å². The van der Waals surface area contributed by atoms with Crippen molar-refractivity contribution in [2.75, 3.05) is 20.3 Å². The number of carboxylic acids is 1. The van der Waals surface area contributed by atoms with Gasteiger partial charge < -0.3 is 15.2 Å². The van der Waals surface area contributed by atoms with Crippen molar-refractivity contribution in [2.45, 2.75) is 45.1 Å². The molecule has 0 saturated heterocycles. The first-order valence-electron chi connectivity index (χ1n) is 7.94. The first-order valence-corrected chi connectivity index (χ1v) is 7.94. The minimum Gasteiger partial charge on any atom is -0.476 e. The van der Waals surface area contributed by atoms with Gasteiger partial charge in [-0.25, -0.2) is 9.48 Å². The second-order valence-corrected chi connectivity index (χ2v) is 6.19. The average Bonchev–Trinajstić information content (AvgIpc) is 3.01. The van der Waals surface area contributed by atoms with Gasteiger partial charge in [0, 0.05) is 20.3 Å². The number of carbonyl (C=O) groups excluding carboxylic acids is 1. The van der Waals surface area contributed by atoms with Crippen molar-refractivity contribution in [3.05, 3.63) is 11.9 Å². The van der Waals surface area contributed by atoms with E-state index in [4.69, 9.17) is 9.84 Å². The molecule has 128 valence electrons. The van der Waals surface area contributed by atoms with Gasteiger partial charge in [-0.2, -0.15) is 0 Å². The first-order chi connectivity index (χ1) is 11.0. The van der Waals surface area contributed by atoms with Crippen LogP contribution in [0.5, 0.6) is 0 Å². The molecular weight excluding hydrogens is 300 g/mol. The molecule has 2 rings (SSSR count). The number of ether oxygens (including phenoxy) is 1. The fourth-order valence-electron chi connectivity index (χ4n) is 3.10. The van der Waals surface area contributed by atoms with E-state index in [0.29, 0.717) is 13.2 Å². The molecule has 0 atom stereocenters. The van der Waals surface area contributed by atoms with Gasteiger partial charge in [0.05, 0.1) is 6.20 Å². The fourth-order valence-corrected chi connectivity index (χ4v) is 3.10. The van der Waals surface area contributed by atoms with Gasteiger partial charge in [0.1, 0.15) is 6.54 Å². The molecule has 0 radical (unpaired) electrons. The van der Waals surface area contributed by atoms with E-state index in [2.05, 4.69) is 15.6 Å². The van der Waals surface area contributed by atoms with Gasteiger partial charge in [-0.05, 0) is 24.7 Å². The molecule has 1 heterocycles. The van der Waals surface area contributed by atoms with Crippen LogP contribution in [0.15, 0.2) is 6.20 Å². The Labute approximate surface area is 135 Å². The van der Waals surface area contributed by atoms with E-state index < -0.39 is 5.97 Å². The second kappa shape index (κ2) is 8.05. The van der Waals surface area contributed by atoms with Crippen LogP contribution >= 0.6 is 0 Å². The summed E-state index contributed by atoms with van der Waals surface area (Å²) in [5.41, 5.74) is -0.0555. The van der Waals surface area contributed by atoms with Crippen molar-refractivity contribution in [3.8, 4) is 0 Å². The van der Waals surface area contributed by atoms with Crippen molar-refractivity contribution >= 4 is 11.9 Å². The molecule has 23 heavy (non-hydrogen) atoms. The zero-order valence-electron chi connectivity index (χ0n) is 13.5. The van der Waals surface area contributed by atoms with Crippen LogP contribution in [-0.2, 0) is 16.1 Å². The molecule has 0 unspecified atom stereocenters. The number of hydrogen-bond acceptors (Lipinski definition) is 5. The SMILES string of the molecule is COCCC1(CNC(=O)Cn2cc(C(=O)O)nn2)CCCCC1. The van der Waals surface area contributed by atoms with Crippen LogP contribution in [0, 0.1) is 5.41 Å². The number of carboxylic acid groups (broad SMARTS) is 1. The van der Waals surface area contributed by atoms with Gasteiger partial charge in [-0.1, -0.05) is 24.5 Å². The van der Waals surface area contributed by atoms with Crippen LogP contribution in [0.2, 0.25) is 0 Å². The number of amides is 1. The molecule has 1 fully saturated rings. The Hall–Kier alpha value is -1.96. The number of aromatic nitrogens is 3. The van der Waals surface area contributed by atoms with Gasteiger partial charge in [-0.3, -0.25) is 4.79 Å². The second-order valence-electron chi connectivity index (χ2n) is 6.19. The minimum absolute atomic E-state index is 0.0271. The van der Waals surface area contributed by atoms with E-state index in [1.165, 1.54) is 30.1 Å². The highest BCUT2D eigenvalue weighted by Gasteiger charge is 2.32. The third-order valence-electron chi connectivity index (χ3n) is 4.47. The van der Waals surface area contributed by atoms with Crippen LogP contribution in [0.1, 0.15) is 49.0 Å². The van der Waals surface area contributed by atoms with E-state index >= 15 is 0 Å². The molecule has 8 nitrogen and oxygen atoms in total. The van der Waals surface area contributed by atoms with Crippen LogP contribution < -0.4 is 5.32 Å². The number of nitrogens with one attached hydrogen (secondary N) is 1. The van der Waals surface area contributed by atoms with Gasteiger partial charge in [0.2, 0.25) is 5.91 Å². The first kappa shape index (κ1) is 17.4. The summed E-state index contributed by atoms with van der Waals surface area (Å²) in [5.74, 6) is -1.34. The van der Waals surface area contributed by atoms with Crippen LogP contribution in [-0.4, -0.2) is 52.2 Å². The highest BCUT2D eigenvalue weighted by molar-refractivity contribution is 5.84. The molecule has 0 aliphatic heterocycles. The van der Waals surface area contributed by atoms with Gasteiger partial charge in [0.15, 0.2) is 5.69 Å². The predicted octanol–water partition coefficient (Wildman–Crippen LogP) is 1.08. The lowest BCUT2D eigenvalue weighted by Crippen LogP contribution is -2.41. The summed E-state index contributed by atoms with van der Waals surface area (Å²) in [5, 5.41) is 18.9. The zero-order valence-corrected chi connectivity index (χ0v) is 13.5. The average molecular weight is 324 g/mol. The lowest BCUT2D eigenvalue weighted by Gasteiger charge is -2.37. The molecule has 1 saturated carbocycles. The van der Waals surface area contributed by atoms with E-state index in [1.807, 2.05) is 0 Å². The van der Waals surface area contributed by atoms with Crippen molar-refractivity contribution in [3.63, 3.8) is 0 Å². The number of aromatic carboxylic acids is 1. The molecule has 1 aliphatic rings. The Morgan fingerprint density at radius 3 is 2.74 bits per heavy atom. The Morgan fingerprint density at radius 2 is 2.13 bits per heavy atom. The Bertz CT molecular complexity index is 537. The van der Waals surface area contributed by atoms with Crippen LogP contribution in [0.3, 0.4) is 0 Å². The summed E-state index contributed by atoms with van der Waals surface area (Å²) < 4.78 is 6.44. The third-order valence-corrected chi connectivity index (χ3v) is 4.47. The minimum atomic E-state index is -1.16. The van der Waals surface area contributed by atoms with Crippen molar-refractivity contribution in [1.29, 1.82) is 0 Å². The standard InChI is InChI=1S/C15H24N4O4/c1-23-8-7-15(5-3-2-4-6-15)11-16-13(20)10-19-9-12(14(21)22)17-18-19/h9H,2-8,10-11H2,1H3,(H,16,20)(H,21,22). The molecule has 0 spiro atoms. The van der Waals surface area contributed by atoms with E-state index in [9.17, 15) is 9.59 Å². The summed E-state index contributed by atoms with van der Waals surface area (Å²) in [7, 11) is 1.69. The fraction of sp³-hybridized carbons (Fsp3) is 0.733. The highest BCUT2D eigenvalue weighted by atomic mass is 16.5. The largest absolute Gasteiger partial charge is 0.476 e. The van der Waals surface area contributed by atoms with Crippen molar-refractivity contribution in [1.82, 2.24) is 20.3 Å². The number of hydrogen-bond donors (Lipinski definition) is 2. The lowest BCUT2D eigenvalue weighted by atomic mass is 9.72. The molecule has 1 aromatic heterocycles. The van der Waals surface area contributed by atoms with Gasteiger partial charge in [0.25, 0.3) is 0 Å². The Balaban J connectivity index is 1.86. The third kappa shape index (κ3) is 5.02. The quantitative estimate of drug-likeness (QED) is 0.741. The van der Waals surface area contributed by atoms with Gasteiger partial charge >= 0.3 is 5.97 Å². The highest BCUT2D eigenvalue weighted by Crippen LogP contribution is 2.38. The molecule has 0 aromatic carbocycles. The zero-order chi connectivity index (χ0) is 16.7. The number of rotatable bonds is 8. The maximum absolute atomic E-state index is 12.1. The topological polar surface area (TPSA) is 106 Å². The molecule has 0 bridgehead atoms. The van der Waals surface area contributed by atoms with Crippen molar-refractivity contribution < 1.29 is 19.4 Å². The predicted molar refractivity (Wildman–Crippen MR) is 82.0 cm³/mol. The smallest absolute Gasteiger partial charge is 0.358 e. The Morgan fingerprint density at radius 1 is 1.39 bits per heavy atom. The number of methoxy groups -OCH3 is 1. The van der Waals surface area contributed by atoms with E-state index in [0.717, 1.165) is 19.3 Å². The summed E-state index contributed by atoms with van der Waals surface area (Å²) in [4.78, 5) is 22.8. The van der Waals surface area contributed by atoms with E-state index in [1.54, 1.807) is 7.11 Å². The molecule has 1 aromatic rings. The molecule has 1 aliphatic carbocycles. The monoisotopic (exact) mass is 324 g/mol. The lowest BCUT2D eigenvalue weighted by molar-refractivity contribution is -0.122.